The molecule has 0 amide bonds. The van der Waals surface area contributed by atoms with Crippen molar-refractivity contribution >= 4 is 30.0 Å². The second kappa shape index (κ2) is 5.97. The second-order valence-corrected chi connectivity index (χ2v) is 3.30. The molecule has 0 aromatic heterocycles. The van der Waals surface area contributed by atoms with Gasteiger partial charge >= 0.3 is 0 Å². The molecule has 0 atom stereocenters. The lowest BCUT2D eigenvalue weighted by Crippen LogP contribution is -2.26. The molecule has 0 saturated carbocycles. The summed E-state index contributed by atoms with van der Waals surface area (Å²) in [5.41, 5.74) is 18.8. The summed E-state index contributed by atoms with van der Waals surface area (Å²) in [4.78, 5) is 7.75. The number of benzene rings is 1. The Bertz CT molecular complexity index is 421. The first-order valence-electron chi connectivity index (χ1n) is 4.50. The Morgan fingerprint density at radius 2 is 1.75 bits per heavy atom. The minimum Gasteiger partial charge on any atom is -0.370 e. The first-order valence-corrected chi connectivity index (χ1v) is 4.50. The van der Waals surface area contributed by atoms with Gasteiger partial charge in [-0.3, -0.25) is 0 Å². The third-order valence-corrected chi connectivity index (χ3v) is 1.84. The molecule has 0 unspecified atom stereocenters. The first-order chi connectivity index (χ1) is 6.99. The van der Waals surface area contributed by atoms with E-state index >= 15 is 0 Å². The van der Waals surface area contributed by atoms with E-state index < -0.39 is 0 Å². The monoisotopic (exact) mass is 241 g/mol. The van der Waals surface area contributed by atoms with Crippen molar-refractivity contribution in [3.8, 4) is 0 Å². The third kappa shape index (κ3) is 4.18. The number of halogens is 1. The topological polar surface area (TPSA) is 103 Å². The number of hydrogen-bond acceptors (Lipinski definition) is 1. The molecule has 0 aliphatic rings. The molecule has 1 aromatic carbocycles. The zero-order valence-corrected chi connectivity index (χ0v) is 10.1. The standard InChI is InChI=1S/C10H15N5.ClH/c1-6-3-4-7(2)8(5-6)14-10(13)15-9(11)12;/h3-5H,1-2H3,(H6,11,12,13,14,15);1H. The van der Waals surface area contributed by atoms with Gasteiger partial charge in [0.25, 0.3) is 0 Å². The lowest BCUT2D eigenvalue weighted by molar-refractivity contribution is 1.32. The summed E-state index contributed by atoms with van der Waals surface area (Å²) in [5.74, 6) is -0.0368. The predicted octanol–water partition coefficient (Wildman–Crippen LogP) is 0.945. The number of guanidine groups is 2. The molecule has 0 saturated heterocycles. The third-order valence-electron chi connectivity index (χ3n) is 1.84. The smallest absolute Gasteiger partial charge is 0.223 e. The molecule has 0 aliphatic heterocycles. The van der Waals surface area contributed by atoms with Crippen molar-refractivity contribution in [2.45, 2.75) is 13.8 Å². The Morgan fingerprint density at radius 3 is 2.31 bits per heavy atom. The van der Waals surface area contributed by atoms with Crippen LogP contribution in [0.4, 0.5) is 5.69 Å². The van der Waals surface area contributed by atoms with Crippen LogP contribution in [0.5, 0.6) is 0 Å². The van der Waals surface area contributed by atoms with E-state index in [0.29, 0.717) is 0 Å². The highest BCUT2D eigenvalue weighted by Gasteiger charge is 1.97. The van der Waals surface area contributed by atoms with E-state index in [1.807, 2.05) is 32.0 Å². The van der Waals surface area contributed by atoms with Crippen molar-refractivity contribution in [2.75, 3.05) is 0 Å². The zero-order chi connectivity index (χ0) is 11.4. The number of nitrogens with two attached hydrogens (primary N) is 3. The molecule has 1 aromatic rings. The maximum atomic E-state index is 5.53. The number of rotatable bonds is 1. The van der Waals surface area contributed by atoms with Crippen LogP contribution in [0.15, 0.2) is 28.2 Å². The fraction of sp³-hybridized carbons (Fsp3) is 0.200. The van der Waals surface area contributed by atoms with Crippen LogP contribution in [0.3, 0.4) is 0 Å². The fourth-order valence-corrected chi connectivity index (χ4v) is 1.12. The molecular weight excluding hydrogens is 226 g/mol. The van der Waals surface area contributed by atoms with Crippen molar-refractivity contribution in [3.05, 3.63) is 29.3 Å². The Balaban J connectivity index is 0.00000225. The zero-order valence-electron chi connectivity index (χ0n) is 9.27. The number of hydrogen-bond donors (Lipinski definition) is 3. The summed E-state index contributed by atoms with van der Waals surface area (Å²) in [7, 11) is 0. The van der Waals surface area contributed by atoms with Crippen molar-refractivity contribution in [1.29, 1.82) is 0 Å². The van der Waals surface area contributed by atoms with Crippen LogP contribution in [-0.2, 0) is 0 Å². The SMILES string of the molecule is Cc1ccc(C)c(N=C(N)N=C(N)N)c1.Cl. The maximum absolute atomic E-state index is 5.53. The lowest BCUT2D eigenvalue weighted by atomic mass is 10.1. The van der Waals surface area contributed by atoms with Gasteiger partial charge in [-0.05, 0) is 31.0 Å². The van der Waals surface area contributed by atoms with Gasteiger partial charge in [0.05, 0.1) is 5.69 Å². The highest BCUT2D eigenvalue weighted by molar-refractivity contribution is 5.93. The van der Waals surface area contributed by atoms with Crippen LogP contribution in [0.2, 0.25) is 0 Å². The number of aliphatic imine (C=N–C) groups is 2. The fourth-order valence-electron chi connectivity index (χ4n) is 1.12. The lowest BCUT2D eigenvalue weighted by Gasteiger charge is -2.01. The molecule has 0 spiro atoms. The van der Waals surface area contributed by atoms with Crippen molar-refractivity contribution in [2.24, 2.45) is 27.2 Å². The highest BCUT2D eigenvalue weighted by Crippen LogP contribution is 2.19. The average Bonchev–Trinajstić information content (AvgIpc) is 2.10. The van der Waals surface area contributed by atoms with Crippen LogP contribution in [-0.4, -0.2) is 11.9 Å². The average molecular weight is 242 g/mol. The van der Waals surface area contributed by atoms with Gasteiger partial charge < -0.3 is 17.2 Å². The van der Waals surface area contributed by atoms with Gasteiger partial charge in [0.2, 0.25) is 5.96 Å². The van der Waals surface area contributed by atoms with Crippen LogP contribution in [0.25, 0.3) is 0 Å². The van der Waals surface area contributed by atoms with Crippen LogP contribution >= 0.6 is 12.4 Å². The summed E-state index contributed by atoms with van der Waals surface area (Å²) in [5, 5.41) is 0. The molecule has 0 aliphatic carbocycles. The van der Waals surface area contributed by atoms with Crippen molar-refractivity contribution in [3.63, 3.8) is 0 Å². The second-order valence-electron chi connectivity index (χ2n) is 3.30. The molecule has 0 heterocycles. The van der Waals surface area contributed by atoms with Crippen LogP contribution < -0.4 is 17.2 Å². The highest BCUT2D eigenvalue weighted by atomic mass is 35.5. The van der Waals surface area contributed by atoms with E-state index in [1.165, 1.54) is 0 Å². The molecule has 1 rings (SSSR count). The Kier molecular flexibility index (Phi) is 5.32. The molecule has 6 heteroatoms. The first kappa shape index (κ1) is 14.2. The number of nitrogens with zero attached hydrogens (tertiary/aromatic N) is 2. The summed E-state index contributed by atoms with van der Waals surface area (Å²) in [6.07, 6.45) is 0. The van der Waals surface area contributed by atoms with Gasteiger partial charge in [-0.1, -0.05) is 12.1 Å². The van der Waals surface area contributed by atoms with Gasteiger partial charge in [0, 0.05) is 0 Å². The molecule has 6 N–H and O–H groups in total. The van der Waals surface area contributed by atoms with E-state index in [-0.39, 0.29) is 24.3 Å². The van der Waals surface area contributed by atoms with Gasteiger partial charge in [0.1, 0.15) is 0 Å². The Morgan fingerprint density at radius 1 is 1.12 bits per heavy atom. The van der Waals surface area contributed by atoms with Gasteiger partial charge in [-0.15, -0.1) is 12.4 Å². The summed E-state index contributed by atoms with van der Waals surface area (Å²) >= 11 is 0. The minimum atomic E-state index is -0.0958. The largest absolute Gasteiger partial charge is 0.370 e. The Labute approximate surface area is 101 Å². The van der Waals surface area contributed by atoms with E-state index in [9.17, 15) is 0 Å². The molecule has 0 bridgehead atoms. The quantitative estimate of drug-likeness (QED) is 0.504. The van der Waals surface area contributed by atoms with Crippen LogP contribution in [0.1, 0.15) is 11.1 Å². The molecule has 5 nitrogen and oxygen atoms in total. The van der Waals surface area contributed by atoms with E-state index in [1.54, 1.807) is 0 Å². The summed E-state index contributed by atoms with van der Waals surface area (Å²) < 4.78 is 0. The predicted molar refractivity (Wildman–Crippen MR) is 70.3 cm³/mol. The molecule has 0 radical (unpaired) electrons. The molecule has 88 valence electrons. The van der Waals surface area contributed by atoms with Gasteiger partial charge in [-0.25, -0.2) is 4.99 Å². The van der Waals surface area contributed by atoms with Crippen molar-refractivity contribution in [1.82, 2.24) is 0 Å². The molecular formula is C10H16ClN5. The van der Waals surface area contributed by atoms with Gasteiger partial charge in [-0.2, -0.15) is 4.99 Å². The van der Waals surface area contributed by atoms with Crippen LogP contribution in [0, 0.1) is 13.8 Å². The maximum Gasteiger partial charge on any atom is 0.223 e. The molecule has 16 heavy (non-hydrogen) atoms. The number of aryl methyl sites for hydroxylation is 2. The summed E-state index contributed by atoms with van der Waals surface area (Å²) in [6, 6.07) is 5.90. The van der Waals surface area contributed by atoms with Gasteiger partial charge in [0.15, 0.2) is 5.96 Å². The minimum absolute atomic E-state index is 0. The summed E-state index contributed by atoms with van der Waals surface area (Å²) in [6.45, 7) is 3.93. The van der Waals surface area contributed by atoms with E-state index in [2.05, 4.69) is 9.98 Å². The van der Waals surface area contributed by atoms with E-state index in [4.69, 9.17) is 17.2 Å². The Hall–Kier alpha value is -1.75. The van der Waals surface area contributed by atoms with E-state index in [0.717, 1.165) is 16.8 Å². The van der Waals surface area contributed by atoms with Crippen molar-refractivity contribution < 1.29 is 0 Å². The molecule has 0 fully saturated rings. The normalized spacial score (nSPS) is 10.5.